The first-order valence-electron chi connectivity index (χ1n) is 11.2. The Morgan fingerprint density at radius 1 is 1.11 bits per heavy atom. The zero-order valence-corrected chi connectivity index (χ0v) is 21.2. The number of rotatable bonds is 5. The molecule has 0 bridgehead atoms. The van der Waals surface area contributed by atoms with E-state index in [1.54, 1.807) is 22.3 Å². The van der Waals surface area contributed by atoms with Crippen molar-refractivity contribution in [2.24, 2.45) is 0 Å². The van der Waals surface area contributed by atoms with Gasteiger partial charge in [-0.1, -0.05) is 11.6 Å². The Morgan fingerprint density at radius 2 is 1.92 bits per heavy atom. The molecule has 4 aromatic rings. The van der Waals surface area contributed by atoms with E-state index in [4.69, 9.17) is 26.1 Å². The van der Waals surface area contributed by atoms with Gasteiger partial charge in [-0.25, -0.2) is 4.98 Å². The number of thiazole rings is 1. The number of fused-ring (bicyclic) bond motifs is 2. The van der Waals surface area contributed by atoms with Crippen molar-refractivity contribution < 1.29 is 19.2 Å². The Morgan fingerprint density at radius 3 is 2.72 bits per heavy atom. The third kappa shape index (κ3) is 4.28. The van der Waals surface area contributed by atoms with Gasteiger partial charge in [-0.2, -0.15) is 0 Å². The number of carbonyl (C=O) groups excluding carboxylic acids is 1. The molecule has 2 aliphatic heterocycles. The van der Waals surface area contributed by atoms with Gasteiger partial charge in [0.15, 0.2) is 11.5 Å². The molecule has 9 nitrogen and oxygen atoms in total. The Bertz CT molecular complexity index is 1500. The van der Waals surface area contributed by atoms with Crippen molar-refractivity contribution in [2.45, 2.75) is 6.54 Å². The van der Waals surface area contributed by atoms with Crippen LogP contribution >= 0.6 is 34.3 Å². The molecule has 0 atom stereocenters. The standard InChI is InChI=1S/C24H19ClN4O5S2/c25-21-17-3-2-16(29(31)32)10-20(17)36-22(21)24(30)28-7-5-27(6-8-28)11-15-12-35-23(26-15)14-1-4-18-19(9-14)34-13-33-18/h1-4,9-10,12H,5-8,11,13H2. The van der Waals surface area contributed by atoms with Gasteiger partial charge in [-0.05, 0) is 24.3 Å². The Balaban J connectivity index is 1.09. The van der Waals surface area contributed by atoms with Crippen molar-refractivity contribution in [2.75, 3.05) is 33.0 Å². The fourth-order valence-corrected chi connectivity index (χ4v) is 6.65. The van der Waals surface area contributed by atoms with Gasteiger partial charge in [-0.3, -0.25) is 19.8 Å². The zero-order valence-electron chi connectivity index (χ0n) is 18.8. The van der Waals surface area contributed by atoms with Gasteiger partial charge >= 0.3 is 0 Å². The Labute approximate surface area is 218 Å². The van der Waals surface area contributed by atoms with Crippen LogP contribution in [0.15, 0.2) is 41.8 Å². The smallest absolute Gasteiger partial charge is 0.270 e. The number of piperazine rings is 1. The highest BCUT2D eigenvalue weighted by molar-refractivity contribution is 7.21. The average Bonchev–Trinajstić information content (AvgIpc) is 3.62. The first-order valence-corrected chi connectivity index (χ1v) is 13.3. The quantitative estimate of drug-likeness (QED) is 0.250. The first-order chi connectivity index (χ1) is 17.5. The number of halogens is 1. The minimum Gasteiger partial charge on any atom is -0.454 e. The molecule has 0 spiro atoms. The number of aromatic nitrogens is 1. The van der Waals surface area contributed by atoms with E-state index in [0.29, 0.717) is 39.6 Å². The number of nitro benzene ring substituents is 1. The molecule has 12 heteroatoms. The number of ether oxygens (including phenoxy) is 2. The zero-order chi connectivity index (χ0) is 24.8. The number of benzene rings is 2. The lowest BCUT2D eigenvalue weighted by Gasteiger charge is -2.34. The van der Waals surface area contributed by atoms with Crippen LogP contribution in [0.3, 0.4) is 0 Å². The predicted octanol–water partition coefficient (Wildman–Crippen LogP) is 5.27. The molecule has 0 unspecified atom stereocenters. The molecule has 0 radical (unpaired) electrons. The molecule has 1 saturated heterocycles. The Hall–Kier alpha value is -3.25. The summed E-state index contributed by atoms with van der Waals surface area (Å²) in [5.74, 6) is 1.35. The number of thiophene rings is 1. The summed E-state index contributed by atoms with van der Waals surface area (Å²) in [5.41, 5.74) is 1.97. The van der Waals surface area contributed by atoms with E-state index in [2.05, 4.69) is 10.3 Å². The summed E-state index contributed by atoms with van der Waals surface area (Å²) < 4.78 is 11.5. The molecule has 0 saturated carbocycles. The van der Waals surface area contributed by atoms with Gasteiger partial charge < -0.3 is 14.4 Å². The summed E-state index contributed by atoms with van der Waals surface area (Å²) in [5, 5.41) is 15.1. The number of non-ortho nitro benzene ring substituents is 1. The molecule has 1 fully saturated rings. The topological polar surface area (TPSA) is 98.0 Å². The molecule has 184 valence electrons. The van der Waals surface area contributed by atoms with Gasteiger partial charge in [-0.15, -0.1) is 22.7 Å². The maximum absolute atomic E-state index is 13.2. The van der Waals surface area contributed by atoms with E-state index in [0.717, 1.165) is 40.9 Å². The normalized spacial score (nSPS) is 15.5. The lowest BCUT2D eigenvalue weighted by atomic mass is 10.2. The number of hydrogen-bond acceptors (Lipinski definition) is 9. The number of carbonyl (C=O) groups is 1. The van der Waals surface area contributed by atoms with Crippen LogP contribution in [0.25, 0.3) is 20.7 Å². The number of amides is 1. The summed E-state index contributed by atoms with van der Waals surface area (Å²) in [6.07, 6.45) is 0. The van der Waals surface area contributed by atoms with Crippen molar-refractivity contribution >= 4 is 56.0 Å². The summed E-state index contributed by atoms with van der Waals surface area (Å²) >= 11 is 9.28. The largest absolute Gasteiger partial charge is 0.454 e. The average molecular weight is 543 g/mol. The van der Waals surface area contributed by atoms with Crippen molar-refractivity contribution in [3.8, 4) is 22.1 Å². The number of nitro groups is 1. The van der Waals surface area contributed by atoms with Gasteiger partial charge in [0.2, 0.25) is 6.79 Å². The van der Waals surface area contributed by atoms with Crippen LogP contribution in [0.2, 0.25) is 5.02 Å². The fourth-order valence-electron chi connectivity index (χ4n) is 4.33. The second-order valence-electron chi connectivity index (χ2n) is 8.46. The second-order valence-corrected chi connectivity index (χ2v) is 10.8. The van der Waals surface area contributed by atoms with Crippen molar-refractivity contribution in [3.05, 3.63) is 67.5 Å². The molecule has 6 rings (SSSR count). The van der Waals surface area contributed by atoms with Crippen molar-refractivity contribution in [1.82, 2.24) is 14.8 Å². The molecule has 2 aliphatic rings. The molecule has 36 heavy (non-hydrogen) atoms. The van der Waals surface area contributed by atoms with Crippen molar-refractivity contribution in [1.29, 1.82) is 0 Å². The summed E-state index contributed by atoms with van der Waals surface area (Å²) in [4.78, 5) is 33.1. The third-order valence-corrected chi connectivity index (χ3v) is 8.82. The molecule has 2 aromatic heterocycles. The highest BCUT2D eigenvalue weighted by atomic mass is 35.5. The molecule has 4 heterocycles. The van der Waals surface area contributed by atoms with Crippen LogP contribution < -0.4 is 9.47 Å². The lowest BCUT2D eigenvalue weighted by Crippen LogP contribution is -2.48. The minimum absolute atomic E-state index is 0.0169. The highest BCUT2D eigenvalue weighted by Crippen LogP contribution is 2.39. The third-order valence-electron chi connectivity index (χ3n) is 6.23. The van der Waals surface area contributed by atoms with Crippen LogP contribution in [0, 0.1) is 10.1 Å². The van der Waals surface area contributed by atoms with Gasteiger partial charge in [0.25, 0.3) is 11.6 Å². The highest BCUT2D eigenvalue weighted by Gasteiger charge is 2.27. The SMILES string of the molecule is O=C(c1sc2cc([N+](=O)[O-])ccc2c1Cl)N1CCN(Cc2csc(-c3ccc4c(c3)OCO4)n2)CC1. The molecule has 0 aliphatic carbocycles. The summed E-state index contributed by atoms with van der Waals surface area (Å²) in [6.45, 7) is 3.53. The van der Waals surface area contributed by atoms with E-state index in [9.17, 15) is 14.9 Å². The molecule has 2 aromatic carbocycles. The maximum Gasteiger partial charge on any atom is 0.270 e. The Kier molecular flexibility index (Phi) is 6.00. The summed E-state index contributed by atoms with van der Waals surface area (Å²) in [7, 11) is 0. The second kappa shape index (κ2) is 9.32. The molecular weight excluding hydrogens is 524 g/mol. The summed E-state index contributed by atoms with van der Waals surface area (Å²) in [6, 6.07) is 10.3. The van der Waals surface area contributed by atoms with Crippen LogP contribution in [-0.4, -0.2) is 58.6 Å². The monoisotopic (exact) mass is 542 g/mol. The minimum atomic E-state index is -0.450. The van der Waals surface area contributed by atoms with E-state index in [1.807, 2.05) is 18.2 Å². The maximum atomic E-state index is 13.2. The fraction of sp³-hybridized carbons (Fsp3) is 0.250. The molecule has 0 N–H and O–H groups in total. The number of nitrogens with zero attached hydrogens (tertiary/aromatic N) is 4. The van der Waals surface area contributed by atoms with Crippen LogP contribution in [0.4, 0.5) is 5.69 Å². The van der Waals surface area contributed by atoms with Gasteiger partial charge in [0.1, 0.15) is 9.88 Å². The molecular formula is C24H19ClN4O5S2. The van der Waals surface area contributed by atoms with Gasteiger partial charge in [0, 0.05) is 65.9 Å². The lowest BCUT2D eigenvalue weighted by molar-refractivity contribution is -0.384. The van der Waals surface area contributed by atoms with E-state index in [-0.39, 0.29) is 18.4 Å². The number of hydrogen-bond donors (Lipinski definition) is 0. The van der Waals surface area contributed by atoms with E-state index in [1.165, 1.54) is 23.5 Å². The van der Waals surface area contributed by atoms with Crippen LogP contribution in [-0.2, 0) is 6.54 Å². The van der Waals surface area contributed by atoms with Crippen LogP contribution in [0.5, 0.6) is 11.5 Å². The molecule has 1 amide bonds. The van der Waals surface area contributed by atoms with Crippen molar-refractivity contribution in [3.63, 3.8) is 0 Å². The van der Waals surface area contributed by atoms with E-state index < -0.39 is 4.92 Å². The van der Waals surface area contributed by atoms with E-state index >= 15 is 0 Å². The first kappa shape index (κ1) is 23.2. The van der Waals surface area contributed by atoms with Crippen LogP contribution in [0.1, 0.15) is 15.4 Å². The van der Waals surface area contributed by atoms with Gasteiger partial charge in [0.05, 0.1) is 15.6 Å². The predicted molar refractivity (Wildman–Crippen MR) is 138 cm³/mol.